The monoisotopic (exact) mass is 350 g/mol. The van der Waals surface area contributed by atoms with Crippen LogP contribution in [0.15, 0.2) is 0 Å². The van der Waals surface area contributed by atoms with E-state index < -0.39 is 7.82 Å². The first-order chi connectivity index (χ1) is 10.9. The molecule has 23 heavy (non-hydrogen) atoms. The van der Waals surface area contributed by atoms with Gasteiger partial charge in [-0.2, -0.15) is 0 Å². The molecule has 2 saturated carbocycles. The van der Waals surface area contributed by atoms with Crippen LogP contribution in [-0.2, 0) is 13.6 Å². The first-order valence-electron chi connectivity index (χ1n) is 8.79. The first-order valence-corrected chi connectivity index (χ1v) is 10.3. The highest BCUT2D eigenvalue weighted by Crippen LogP contribution is 2.50. The molecule has 0 atom stereocenters. The minimum Gasteiger partial charge on any atom is -0.396 e. The average Bonchev–Trinajstić information content (AvgIpc) is 3.43. The zero-order valence-corrected chi connectivity index (χ0v) is 14.8. The fourth-order valence-corrected chi connectivity index (χ4v) is 3.72. The van der Waals surface area contributed by atoms with Gasteiger partial charge in [0.05, 0.1) is 13.2 Å². The van der Waals surface area contributed by atoms with E-state index >= 15 is 0 Å². The summed E-state index contributed by atoms with van der Waals surface area (Å²) in [6.07, 6.45) is 9.45. The van der Waals surface area contributed by atoms with Crippen LogP contribution >= 0.6 is 7.82 Å². The number of aliphatic hydroxyl groups excluding tert-OH is 2. The Morgan fingerprint density at radius 1 is 0.783 bits per heavy atom. The molecule has 136 valence electrons. The molecule has 0 aliphatic heterocycles. The number of hydrogen-bond donors (Lipinski definition) is 3. The number of phosphoric ester groups is 1. The lowest BCUT2D eigenvalue weighted by molar-refractivity contribution is 0.140. The number of phosphoric acid groups is 1. The van der Waals surface area contributed by atoms with Gasteiger partial charge in [0, 0.05) is 13.2 Å². The second-order valence-corrected chi connectivity index (χ2v) is 8.82. The van der Waals surface area contributed by atoms with Crippen molar-refractivity contribution in [2.45, 2.75) is 64.2 Å². The summed E-state index contributed by atoms with van der Waals surface area (Å²) in [6, 6.07) is 0. The molecule has 0 unspecified atom stereocenters. The fraction of sp³-hybridized carbons (Fsp3) is 1.00. The fourth-order valence-electron chi connectivity index (χ4n) is 2.93. The molecule has 7 heteroatoms. The van der Waals surface area contributed by atoms with Gasteiger partial charge in [0.15, 0.2) is 0 Å². The lowest BCUT2D eigenvalue weighted by Crippen LogP contribution is -2.07. The van der Waals surface area contributed by atoms with E-state index in [1.54, 1.807) is 0 Å². The quantitative estimate of drug-likeness (QED) is 0.329. The van der Waals surface area contributed by atoms with Gasteiger partial charge >= 0.3 is 7.82 Å². The normalized spacial score (nSPS) is 21.3. The molecular weight excluding hydrogens is 319 g/mol. The third-order valence-electron chi connectivity index (χ3n) is 5.30. The third kappa shape index (κ3) is 6.81. The smallest absolute Gasteiger partial charge is 0.396 e. The Labute approximate surface area is 138 Å². The maximum atomic E-state index is 11.7. The summed E-state index contributed by atoms with van der Waals surface area (Å²) in [5, 5.41) is 18.4. The zero-order valence-electron chi connectivity index (χ0n) is 13.9. The van der Waals surface area contributed by atoms with Crippen LogP contribution in [0.1, 0.15) is 64.2 Å². The Kier molecular flexibility index (Phi) is 7.08. The van der Waals surface area contributed by atoms with Gasteiger partial charge in [-0.25, -0.2) is 4.57 Å². The molecule has 0 amide bonds. The minimum atomic E-state index is -3.94. The zero-order chi connectivity index (χ0) is 16.8. The topological polar surface area (TPSA) is 96.2 Å². The van der Waals surface area contributed by atoms with Gasteiger partial charge in [0.1, 0.15) is 0 Å². The molecule has 0 bridgehead atoms. The van der Waals surface area contributed by atoms with E-state index in [-0.39, 0.29) is 37.3 Å². The molecule has 2 rings (SSSR count). The summed E-state index contributed by atoms with van der Waals surface area (Å²) in [5.41, 5.74) is 0.264. The standard InChI is InChI=1S/C16H31O6P/c17-13-15(7-8-15)5-1-3-11-21-23(19,20)22-12-4-2-6-16(14-18)9-10-16/h17-18H,1-14H2,(H,19,20). The Bertz CT molecular complexity index is 371. The van der Waals surface area contributed by atoms with E-state index in [0.29, 0.717) is 12.8 Å². The van der Waals surface area contributed by atoms with Crippen molar-refractivity contribution in [2.24, 2.45) is 10.8 Å². The van der Waals surface area contributed by atoms with E-state index in [1.807, 2.05) is 0 Å². The van der Waals surface area contributed by atoms with E-state index in [9.17, 15) is 19.7 Å². The van der Waals surface area contributed by atoms with Crippen molar-refractivity contribution in [3.63, 3.8) is 0 Å². The van der Waals surface area contributed by atoms with Gasteiger partial charge in [0.2, 0.25) is 0 Å². The van der Waals surface area contributed by atoms with Gasteiger partial charge in [-0.05, 0) is 62.2 Å². The Morgan fingerprint density at radius 2 is 1.17 bits per heavy atom. The maximum Gasteiger partial charge on any atom is 0.472 e. The lowest BCUT2D eigenvalue weighted by atomic mass is 10.0. The molecule has 0 aromatic heterocycles. The highest BCUT2D eigenvalue weighted by Gasteiger charge is 2.41. The predicted molar refractivity (Wildman–Crippen MR) is 86.9 cm³/mol. The maximum absolute atomic E-state index is 11.7. The lowest BCUT2D eigenvalue weighted by Gasteiger charge is -2.14. The van der Waals surface area contributed by atoms with Crippen LogP contribution in [0.2, 0.25) is 0 Å². The highest BCUT2D eigenvalue weighted by molar-refractivity contribution is 7.47. The highest BCUT2D eigenvalue weighted by atomic mass is 31.2. The summed E-state index contributed by atoms with van der Waals surface area (Å²) >= 11 is 0. The van der Waals surface area contributed by atoms with Crippen molar-refractivity contribution in [3.05, 3.63) is 0 Å². The molecule has 3 N–H and O–H groups in total. The van der Waals surface area contributed by atoms with E-state index in [4.69, 9.17) is 9.05 Å². The molecule has 0 heterocycles. The number of unbranched alkanes of at least 4 members (excludes halogenated alkanes) is 2. The van der Waals surface area contributed by atoms with Crippen molar-refractivity contribution in [1.82, 2.24) is 0 Å². The van der Waals surface area contributed by atoms with Crippen LogP contribution in [0.5, 0.6) is 0 Å². The molecule has 0 aromatic rings. The van der Waals surface area contributed by atoms with Crippen molar-refractivity contribution in [1.29, 1.82) is 0 Å². The average molecular weight is 350 g/mol. The molecule has 0 radical (unpaired) electrons. The summed E-state index contributed by atoms with van der Waals surface area (Å²) in [7, 11) is -3.94. The van der Waals surface area contributed by atoms with Crippen molar-refractivity contribution in [2.75, 3.05) is 26.4 Å². The molecule has 2 aliphatic rings. The number of aliphatic hydroxyl groups is 2. The first kappa shape index (κ1) is 19.4. The SMILES string of the molecule is O=P(O)(OCCCCC1(CO)CC1)OCCCCC1(CO)CC1. The van der Waals surface area contributed by atoms with Gasteiger partial charge in [0.25, 0.3) is 0 Å². The summed E-state index contributed by atoms with van der Waals surface area (Å²) < 4.78 is 21.6. The number of hydrogen-bond acceptors (Lipinski definition) is 5. The van der Waals surface area contributed by atoms with E-state index in [0.717, 1.165) is 51.4 Å². The molecule has 0 aromatic carbocycles. The van der Waals surface area contributed by atoms with Crippen LogP contribution in [-0.4, -0.2) is 41.5 Å². The molecular formula is C16H31O6P. The van der Waals surface area contributed by atoms with E-state index in [1.165, 1.54) is 0 Å². The van der Waals surface area contributed by atoms with Crippen LogP contribution in [0.4, 0.5) is 0 Å². The largest absolute Gasteiger partial charge is 0.472 e. The van der Waals surface area contributed by atoms with Crippen molar-refractivity contribution in [3.8, 4) is 0 Å². The van der Waals surface area contributed by atoms with Gasteiger partial charge < -0.3 is 15.1 Å². The van der Waals surface area contributed by atoms with Crippen molar-refractivity contribution < 1.29 is 28.7 Å². The van der Waals surface area contributed by atoms with Crippen LogP contribution in [0.25, 0.3) is 0 Å². The molecule has 0 spiro atoms. The minimum absolute atomic E-state index is 0.132. The second-order valence-electron chi connectivity index (χ2n) is 7.37. The summed E-state index contributed by atoms with van der Waals surface area (Å²) in [6.45, 7) is 0.909. The van der Waals surface area contributed by atoms with Crippen LogP contribution in [0.3, 0.4) is 0 Å². The van der Waals surface area contributed by atoms with Gasteiger partial charge in [-0.1, -0.05) is 12.8 Å². The summed E-state index contributed by atoms with van der Waals surface area (Å²) in [4.78, 5) is 9.58. The van der Waals surface area contributed by atoms with Crippen molar-refractivity contribution >= 4 is 7.82 Å². The molecule has 2 fully saturated rings. The summed E-state index contributed by atoms with van der Waals surface area (Å²) in [5.74, 6) is 0. The Hall–Kier alpha value is 0.0300. The molecule has 0 saturated heterocycles. The predicted octanol–water partition coefficient (Wildman–Crippen LogP) is 3.01. The van der Waals surface area contributed by atoms with Gasteiger partial charge in [-0.3, -0.25) is 9.05 Å². The van der Waals surface area contributed by atoms with Crippen LogP contribution in [0, 0.1) is 10.8 Å². The molecule has 2 aliphatic carbocycles. The van der Waals surface area contributed by atoms with Gasteiger partial charge in [-0.15, -0.1) is 0 Å². The Balaban J connectivity index is 1.45. The number of rotatable bonds is 14. The molecule has 6 nitrogen and oxygen atoms in total. The van der Waals surface area contributed by atoms with E-state index in [2.05, 4.69) is 0 Å². The second kappa shape index (κ2) is 8.41. The Morgan fingerprint density at radius 3 is 1.48 bits per heavy atom. The van der Waals surface area contributed by atoms with Crippen LogP contribution < -0.4 is 0 Å². The third-order valence-corrected chi connectivity index (χ3v) is 6.31.